The van der Waals surface area contributed by atoms with E-state index >= 15 is 0 Å². The van der Waals surface area contributed by atoms with Gasteiger partial charge in [0, 0.05) is 45.6 Å². The first-order valence-electron chi connectivity index (χ1n) is 6.56. The Morgan fingerprint density at radius 2 is 2.11 bits per heavy atom. The minimum atomic E-state index is -0.301. The Labute approximate surface area is 112 Å². The number of nitrogens with one attached hydrogen (secondary N) is 1. The molecule has 1 saturated carbocycles. The highest BCUT2D eigenvalue weighted by molar-refractivity contribution is 5.05. The lowest BCUT2D eigenvalue weighted by atomic mass is 10.2. The standard InChI is InChI=1S/C13H21N3O3/c1-15-8-9(12(17)16(2)13(15)18)7-14-10-5-4-6-11(10)19-3/h8,10-11,14H,4-7H2,1-3H3. The van der Waals surface area contributed by atoms with E-state index in [0.29, 0.717) is 12.1 Å². The molecule has 1 fully saturated rings. The molecule has 0 aromatic carbocycles. The van der Waals surface area contributed by atoms with Gasteiger partial charge < -0.3 is 14.6 Å². The summed E-state index contributed by atoms with van der Waals surface area (Å²) < 4.78 is 7.98. The summed E-state index contributed by atoms with van der Waals surface area (Å²) in [5, 5.41) is 3.36. The summed E-state index contributed by atoms with van der Waals surface area (Å²) in [5.41, 5.74) is 0.0679. The molecule has 1 aromatic heterocycles. The molecule has 2 rings (SSSR count). The van der Waals surface area contributed by atoms with Gasteiger partial charge in [-0.3, -0.25) is 9.36 Å². The van der Waals surface area contributed by atoms with Crippen LogP contribution in [0.4, 0.5) is 0 Å². The topological polar surface area (TPSA) is 65.3 Å². The molecular formula is C13H21N3O3. The SMILES string of the molecule is COC1CCCC1NCc1cn(C)c(=O)n(C)c1=O. The normalized spacial score (nSPS) is 22.9. The van der Waals surface area contributed by atoms with Crippen molar-refractivity contribution in [2.75, 3.05) is 7.11 Å². The second kappa shape index (κ2) is 5.71. The summed E-state index contributed by atoms with van der Waals surface area (Å²) in [6.07, 6.45) is 5.08. The highest BCUT2D eigenvalue weighted by Gasteiger charge is 2.26. The average molecular weight is 267 g/mol. The number of methoxy groups -OCH3 is 1. The minimum Gasteiger partial charge on any atom is -0.380 e. The van der Waals surface area contributed by atoms with Crippen molar-refractivity contribution in [3.63, 3.8) is 0 Å². The fourth-order valence-electron chi connectivity index (χ4n) is 2.69. The van der Waals surface area contributed by atoms with Crippen LogP contribution in [-0.2, 0) is 25.4 Å². The van der Waals surface area contributed by atoms with Crippen molar-refractivity contribution in [2.45, 2.75) is 38.0 Å². The Morgan fingerprint density at radius 3 is 2.79 bits per heavy atom. The first-order valence-corrected chi connectivity index (χ1v) is 6.56. The van der Waals surface area contributed by atoms with Gasteiger partial charge in [-0.1, -0.05) is 0 Å². The van der Waals surface area contributed by atoms with Gasteiger partial charge >= 0.3 is 5.69 Å². The van der Waals surface area contributed by atoms with Crippen LogP contribution in [0, 0.1) is 0 Å². The number of hydrogen-bond donors (Lipinski definition) is 1. The van der Waals surface area contributed by atoms with E-state index in [-0.39, 0.29) is 23.4 Å². The van der Waals surface area contributed by atoms with Crippen molar-refractivity contribution in [1.82, 2.24) is 14.5 Å². The summed E-state index contributed by atoms with van der Waals surface area (Å²) in [5.74, 6) is 0. The van der Waals surface area contributed by atoms with Crippen LogP contribution in [0.25, 0.3) is 0 Å². The zero-order chi connectivity index (χ0) is 14.0. The van der Waals surface area contributed by atoms with Gasteiger partial charge in [0.2, 0.25) is 0 Å². The lowest BCUT2D eigenvalue weighted by Gasteiger charge is -2.19. The first-order chi connectivity index (χ1) is 9.04. The van der Waals surface area contributed by atoms with Crippen LogP contribution in [0.1, 0.15) is 24.8 Å². The minimum absolute atomic E-state index is 0.219. The van der Waals surface area contributed by atoms with E-state index in [1.165, 1.54) is 11.6 Å². The number of hydrogen-bond acceptors (Lipinski definition) is 4. The van der Waals surface area contributed by atoms with Crippen molar-refractivity contribution >= 4 is 0 Å². The van der Waals surface area contributed by atoms with E-state index in [1.807, 2.05) is 0 Å². The van der Waals surface area contributed by atoms with E-state index < -0.39 is 0 Å². The second-order valence-corrected chi connectivity index (χ2v) is 5.10. The molecule has 0 saturated heterocycles. The van der Waals surface area contributed by atoms with Gasteiger partial charge in [0.15, 0.2) is 0 Å². The van der Waals surface area contributed by atoms with E-state index in [1.54, 1.807) is 20.4 Å². The van der Waals surface area contributed by atoms with Crippen LogP contribution in [0.5, 0.6) is 0 Å². The quantitative estimate of drug-likeness (QED) is 0.816. The molecule has 1 N–H and O–H groups in total. The Morgan fingerprint density at radius 1 is 1.37 bits per heavy atom. The fraction of sp³-hybridized carbons (Fsp3) is 0.692. The summed E-state index contributed by atoms with van der Waals surface area (Å²) >= 11 is 0. The van der Waals surface area contributed by atoms with E-state index in [0.717, 1.165) is 23.8 Å². The Kier molecular flexibility index (Phi) is 4.21. The maximum absolute atomic E-state index is 12.0. The smallest absolute Gasteiger partial charge is 0.330 e. The van der Waals surface area contributed by atoms with Gasteiger partial charge in [-0.2, -0.15) is 0 Å². The van der Waals surface area contributed by atoms with Gasteiger partial charge in [0.05, 0.1) is 6.10 Å². The van der Waals surface area contributed by atoms with Gasteiger partial charge in [0.1, 0.15) is 0 Å². The van der Waals surface area contributed by atoms with Crippen LogP contribution in [0.15, 0.2) is 15.8 Å². The molecule has 0 amide bonds. The monoisotopic (exact) mass is 267 g/mol. The molecule has 6 nitrogen and oxygen atoms in total. The van der Waals surface area contributed by atoms with Crippen LogP contribution < -0.4 is 16.6 Å². The van der Waals surface area contributed by atoms with Crippen LogP contribution >= 0.6 is 0 Å². The van der Waals surface area contributed by atoms with Crippen molar-refractivity contribution in [1.29, 1.82) is 0 Å². The van der Waals surface area contributed by atoms with E-state index in [9.17, 15) is 9.59 Å². The largest absolute Gasteiger partial charge is 0.380 e. The second-order valence-electron chi connectivity index (χ2n) is 5.10. The molecule has 106 valence electrons. The van der Waals surface area contributed by atoms with Crippen LogP contribution in [0.3, 0.4) is 0 Å². The number of aryl methyl sites for hydroxylation is 1. The Balaban J connectivity index is 2.12. The molecule has 1 aromatic rings. The zero-order valence-corrected chi connectivity index (χ0v) is 11.7. The lowest BCUT2D eigenvalue weighted by Crippen LogP contribution is -2.42. The van der Waals surface area contributed by atoms with Crippen molar-refractivity contribution < 1.29 is 4.74 Å². The predicted molar refractivity (Wildman–Crippen MR) is 72.2 cm³/mol. The molecule has 19 heavy (non-hydrogen) atoms. The fourth-order valence-corrected chi connectivity index (χ4v) is 2.69. The van der Waals surface area contributed by atoms with Crippen molar-refractivity contribution in [3.05, 3.63) is 32.6 Å². The predicted octanol–water partition coefficient (Wildman–Crippen LogP) is -0.259. The molecule has 1 aliphatic carbocycles. The molecule has 0 bridgehead atoms. The number of rotatable bonds is 4. The summed E-state index contributed by atoms with van der Waals surface area (Å²) in [4.78, 5) is 23.6. The van der Waals surface area contributed by atoms with Gasteiger partial charge in [-0.05, 0) is 19.3 Å². The van der Waals surface area contributed by atoms with Gasteiger partial charge in [-0.25, -0.2) is 4.79 Å². The Bertz CT molecular complexity index is 561. The highest BCUT2D eigenvalue weighted by Crippen LogP contribution is 2.21. The number of nitrogens with zero attached hydrogens (tertiary/aromatic N) is 2. The Hall–Kier alpha value is -1.40. The van der Waals surface area contributed by atoms with Crippen molar-refractivity contribution in [2.24, 2.45) is 14.1 Å². The molecule has 2 atom stereocenters. The third-order valence-corrected chi connectivity index (χ3v) is 3.83. The van der Waals surface area contributed by atoms with E-state index in [4.69, 9.17) is 4.74 Å². The molecule has 2 unspecified atom stereocenters. The zero-order valence-electron chi connectivity index (χ0n) is 11.7. The summed E-state index contributed by atoms with van der Waals surface area (Å²) in [6, 6.07) is 0.284. The van der Waals surface area contributed by atoms with Gasteiger partial charge in [-0.15, -0.1) is 0 Å². The first kappa shape index (κ1) is 14.0. The maximum Gasteiger partial charge on any atom is 0.330 e. The highest BCUT2D eigenvalue weighted by atomic mass is 16.5. The average Bonchev–Trinajstić information content (AvgIpc) is 2.86. The van der Waals surface area contributed by atoms with Crippen LogP contribution in [0.2, 0.25) is 0 Å². The molecule has 1 aliphatic rings. The lowest BCUT2D eigenvalue weighted by molar-refractivity contribution is 0.0846. The molecule has 1 heterocycles. The number of aromatic nitrogens is 2. The van der Waals surface area contributed by atoms with Crippen LogP contribution in [-0.4, -0.2) is 28.4 Å². The van der Waals surface area contributed by atoms with Gasteiger partial charge in [0.25, 0.3) is 5.56 Å². The molecule has 0 spiro atoms. The summed E-state index contributed by atoms with van der Waals surface area (Å²) in [6.45, 7) is 0.464. The van der Waals surface area contributed by atoms with Crippen molar-refractivity contribution in [3.8, 4) is 0 Å². The molecule has 0 radical (unpaired) electrons. The molecular weight excluding hydrogens is 246 g/mol. The summed E-state index contributed by atoms with van der Waals surface area (Å²) in [7, 11) is 4.87. The molecule has 0 aliphatic heterocycles. The van der Waals surface area contributed by atoms with E-state index in [2.05, 4.69) is 5.32 Å². The number of ether oxygens (including phenoxy) is 1. The maximum atomic E-state index is 12.0. The third kappa shape index (κ3) is 2.79. The molecule has 6 heteroatoms. The third-order valence-electron chi connectivity index (χ3n) is 3.83.